The lowest BCUT2D eigenvalue weighted by atomic mass is 9.93. The van der Waals surface area contributed by atoms with Crippen molar-refractivity contribution in [3.63, 3.8) is 0 Å². The molecular weight excluding hydrogens is 272 g/mol. The Balaban J connectivity index is 2.72. The van der Waals surface area contributed by atoms with Gasteiger partial charge in [-0.1, -0.05) is 32.8 Å². The van der Waals surface area contributed by atoms with Gasteiger partial charge in [-0.3, -0.25) is 4.99 Å². The van der Waals surface area contributed by atoms with Crippen LogP contribution in [0, 0.1) is 19.8 Å². The number of guanidine groups is 1. The molecule has 0 radical (unpaired) electrons. The van der Waals surface area contributed by atoms with E-state index in [0.29, 0.717) is 17.9 Å². The second kappa shape index (κ2) is 8.79. The molecule has 1 aromatic carbocycles. The molecule has 4 nitrogen and oxygen atoms in total. The summed E-state index contributed by atoms with van der Waals surface area (Å²) in [6.07, 6.45) is 2.33. The number of nitrogens with two attached hydrogens (primary N) is 1. The van der Waals surface area contributed by atoms with Gasteiger partial charge in [0.1, 0.15) is 0 Å². The average Bonchev–Trinajstić information content (AvgIpc) is 2.47. The molecule has 1 atom stereocenters. The smallest absolute Gasteiger partial charge is 0.193 e. The molecule has 124 valence electrons. The number of hydrogen-bond donors (Lipinski definition) is 2. The summed E-state index contributed by atoms with van der Waals surface area (Å²) >= 11 is 0. The molecule has 0 bridgehead atoms. The zero-order valence-corrected chi connectivity index (χ0v) is 15.0. The number of aryl methyl sites for hydroxylation is 2. The number of anilines is 1. The van der Waals surface area contributed by atoms with Crippen molar-refractivity contribution in [1.82, 2.24) is 4.90 Å². The molecule has 0 amide bonds. The standard InChI is InChI=1S/C18H32N4/c1-7-15(8-2)17(22(5)6)12-20-18(19)21-16-10-9-13(3)14(4)11-16/h9-11,15,17H,7-8,12H2,1-6H3,(H3,19,20,21). The molecule has 0 aliphatic heterocycles. The van der Waals surface area contributed by atoms with Crippen molar-refractivity contribution >= 4 is 11.6 Å². The Kier molecular flexibility index (Phi) is 7.39. The van der Waals surface area contributed by atoms with E-state index in [1.165, 1.54) is 24.0 Å². The number of likely N-dealkylation sites (N-methyl/N-ethyl adjacent to an activating group) is 1. The highest BCUT2D eigenvalue weighted by Gasteiger charge is 2.20. The van der Waals surface area contributed by atoms with E-state index in [1.54, 1.807) is 0 Å². The number of hydrogen-bond acceptors (Lipinski definition) is 2. The lowest BCUT2D eigenvalue weighted by Crippen LogP contribution is -2.38. The Morgan fingerprint density at radius 3 is 2.32 bits per heavy atom. The molecule has 1 rings (SSSR count). The van der Waals surface area contributed by atoms with Crippen LogP contribution in [0.5, 0.6) is 0 Å². The molecule has 3 N–H and O–H groups in total. The number of benzene rings is 1. The molecule has 0 aliphatic rings. The Morgan fingerprint density at radius 1 is 1.18 bits per heavy atom. The van der Waals surface area contributed by atoms with Gasteiger partial charge in [-0.25, -0.2) is 0 Å². The normalized spacial score (nSPS) is 13.7. The van der Waals surface area contributed by atoms with E-state index in [9.17, 15) is 0 Å². The van der Waals surface area contributed by atoms with Crippen molar-refractivity contribution < 1.29 is 0 Å². The van der Waals surface area contributed by atoms with E-state index < -0.39 is 0 Å². The van der Waals surface area contributed by atoms with E-state index in [2.05, 4.69) is 69.1 Å². The zero-order chi connectivity index (χ0) is 16.7. The minimum atomic E-state index is 0.426. The van der Waals surface area contributed by atoms with Crippen molar-refractivity contribution in [2.75, 3.05) is 26.0 Å². The van der Waals surface area contributed by atoms with Gasteiger partial charge in [0.2, 0.25) is 0 Å². The first-order valence-corrected chi connectivity index (χ1v) is 8.19. The molecule has 1 aromatic rings. The molecule has 0 heterocycles. The monoisotopic (exact) mass is 304 g/mol. The number of nitrogens with one attached hydrogen (secondary N) is 1. The highest BCUT2D eigenvalue weighted by atomic mass is 15.1. The maximum Gasteiger partial charge on any atom is 0.193 e. The van der Waals surface area contributed by atoms with Gasteiger partial charge in [0.05, 0.1) is 6.54 Å². The molecule has 4 heteroatoms. The fourth-order valence-corrected chi connectivity index (χ4v) is 2.77. The Morgan fingerprint density at radius 2 is 1.82 bits per heavy atom. The third-order valence-corrected chi connectivity index (χ3v) is 4.48. The third kappa shape index (κ3) is 5.34. The fraction of sp³-hybridized carbons (Fsp3) is 0.611. The quantitative estimate of drug-likeness (QED) is 0.599. The Hall–Kier alpha value is -1.55. The first-order valence-electron chi connectivity index (χ1n) is 8.19. The van der Waals surface area contributed by atoms with Crippen molar-refractivity contribution in [2.24, 2.45) is 16.6 Å². The molecule has 0 aliphatic carbocycles. The summed E-state index contributed by atoms with van der Waals surface area (Å²) in [6.45, 7) is 9.41. The maximum atomic E-state index is 6.05. The second-order valence-electron chi connectivity index (χ2n) is 6.26. The van der Waals surface area contributed by atoms with Crippen LogP contribution >= 0.6 is 0 Å². The molecule has 1 unspecified atom stereocenters. The van der Waals surface area contributed by atoms with Crippen LogP contribution in [0.3, 0.4) is 0 Å². The summed E-state index contributed by atoms with van der Waals surface area (Å²) in [5.74, 6) is 1.13. The van der Waals surface area contributed by atoms with Crippen LogP contribution in [0.15, 0.2) is 23.2 Å². The van der Waals surface area contributed by atoms with Crippen molar-refractivity contribution in [3.05, 3.63) is 29.3 Å². The van der Waals surface area contributed by atoms with Gasteiger partial charge in [0.15, 0.2) is 5.96 Å². The minimum Gasteiger partial charge on any atom is -0.370 e. The highest BCUT2D eigenvalue weighted by molar-refractivity contribution is 5.92. The van der Waals surface area contributed by atoms with Gasteiger partial charge in [0.25, 0.3) is 0 Å². The lowest BCUT2D eigenvalue weighted by Gasteiger charge is -2.30. The number of rotatable bonds is 7. The van der Waals surface area contributed by atoms with Crippen LogP contribution in [0.4, 0.5) is 5.69 Å². The first-order chi connectivity index (χ1) is 10.4. The van der Waals surface area contributed by atoms with Crippen molar-refractivity contribution in [1.29, 1.82) is 0 Å². The maximum absolute atomic E-state index is 6.05. The van der Waals surface area contributed by atoms with Crippen molar-refractivity contribution in [2.45, 2.75) is 46.6 Å². The zero-order valence-electron chi connectivity index (χ0n) is 15.0. The molecule has 0 spiro atoms. The van der Waals surface area contributed by atoms with Gasteiger partial charge in [0, 0.05) is 11.7 Å². The Bertz CT molecular complexity index is 490. The van der Waals surface area contributed by atoms with Crippen LogP contribution < -0.4 is 11.1 Å². The number of nitrogens with zero attached hydrogens (tertiary/aromatic N) is 2. The van der Waals surface area contributed by atoms with Crippen LogP contribution in [0.25, 0.3) is 0 Å². The van der Waals surface area contributed by atoms with E-state index in [-0.39, 0.29) is 0 Å². The van der Waals surface area contributed by atoms with E-state index >= 15 is 0 Å². The van der Waals surface area contributed by atoms with E-state index in [4.69, 9.17) is 5.73 Å². The van der Waals surface area contributed by atoms with E-state index in [1.807, 2.05) is 6.07 Å². The highest BCUT2D eigenvalue weighted by Crippen LogP contribution is 2.17. The fourth-order valence-electron chi connectivity index (χ4n) is 2.77. The van der Waals surface area contributed by atoms with Crippen LogP contribution in [-0.2, 0) is 0 Å². The lowest BCUT2D eigenvalue weighted by molar-refractivity contribution is 0.206. The van der Waals surface area contributed by atoms with Gasteiger partial charge >= 0.3 is 0 Å². The predicted octanol–water partition coefficient (Wildman–Crippen LogP) is 3.40. The minimum absolute atomic E-state index is 0.426. The molecule has 0 fully saturated rings. The molecule has 0 saturated carbocycles. The summed E-state index contributed by atoms with van der Waals surface area (Å²) in [5.41, 5.74) is 9.57. The third-order valence-electron chi connectivity index (χ3n) is 4.48. The van der Waals surface area contributed by atoms with Gasteiger partial charge in [-0.2, -0.15) is 0 Å². The van der Waals surface area contributed by atoms with Gasteiger partial charge in [-0.15, -0.1) is 0 Å². The summed E-state index contributed by atoms with van der Waals surface area (Å²) in [5, 5.41) is 3.19. The summed E-state index contributed by atoms with van der Waals surface area (Å²) in [4.78, 5) is 6.81. The molecule has 0 aromatic heterocycles. The SMILES string of the molecule is CCC(CC)C(CN=C(N)Nc1ccc(C)c(C)c1)N(C)C. The second-order valence-corrected chi connectivity index (χ2v) is 6.26. The van der Waals surface area contributed by atoms with E-state index in [0.717, 1.165) is 12.2 Å². The predicted molar refractivity (Wildman–Crippen MR) is 97.6 cm³/mol. The molecular formula is C18H32N4. The largest absolute Gasteiger partial charge is 0.370 e. The van der Waals surface area contributed by atoms with Gasteiger partial charge < -0.3 is 16.0 Å². The van der Waals surface area contributed by atoms with Crippen LogP contribution in [-0.4, -0.2) is 37.5 Å². The molecule has 22 heavy (non-hydrogen) atoms. The first kappa shape index (κ1) is 18.5. The Labute approximate surface area is 135 Å². The topological polar surface area (TPSA) is 53.6 Å². The summed E-state index contributed by atoms with van der Waals surface area (Å²) < 4.78 is 0. The van der Waals surface area contributed by atoms with Crippen molar-refractivity contribution in [3.8, 4) is 0 Å². The average molecular weight is 304 g/mol. The van der Waals surface area contributed by atoms with Crippen LogP contribution in [0.2, 0.25) is 0 Å². The van der Waals surface area contributed by atoms with Gasteiger partial charge in [-0.05, 0) is 57.1 Å². The summed E-state index contributed by atoms with van der Waals surface area (Å²) in [6, 6.07) is 6.66. The summed E-state index contributed by atoms with van der Waals surface area (Å²) in [7, 11) is 4.23. The molecule has 0 saturated heterocycles. The number of aliphatic imine (C=N–C) groups is 1. The van der Waals surface area contributed by atoms with Crippen LogP contribution in [0.1, 0.15) is 37.8 Å².